The second-order valence-corrected chi connectivity index (χ2v) is 7.62. The van der Waals surface area contributed by atoms with E-state index in [1.54, 1.807) is 12.1 Å². The second kappa shape index (κ2) is 10.1. The van der Waals surface area contributed by atoms with Crippen LogP contribution in [0.15, 0.2) is 24.3 Å². The van der Waals surface area contributed by atoms with E-state index in [2.05, 4.69) is 48.5 Å². The van der Waals surface area contributed by atoms with Gasteiger partial charge in [-0.2, -0.15) is 5.10 Å². The van der Waals surface area contributed by atoms with Crippen molar-refractivity contribution in [3.8, 4) is 0 Å². The number of carbonyl (C=O) groups excluding carboxylic acids is 2. The van der Waals surface area contributed by atoms with Crippen LogP contribution in [-0.4, -0.2) is 34.7 Å². The van der Waals surface area contributed by atoms with Gasteiger partial charge in [-0.05, 0) is 57.9 Å². The van der Waals surface area contributed by atoms with Crippen molar-refractivity contribution < 1.29 is 9.59 Å². The quantitative estimate of drug-likeness (QED) is 0.669. The molecular weight excluding hydrogens is 366 g/mol. The van der Waals surface area contributed by atoms with Crippen molar-refractivity contribution >= 4 is 17.5 Å². The van der Waals surface area contributed by atoms with Gasteiger partial charge < -0.3 is 4.90 Å². The van der Waals surface area contributed by atoms with Crippen molar-refractivity contribution in [2.24, 2.45) is 5.92 Å². The Hall–Kier alpha value is -2.83. The molecule has 0 fully saturated rings. The van der Waals surface area contributed by atoms with E-state index in [0.717, 1.165) is 42.3 Å². The topological polar surface area (TPSA) is 79.3 Å². The summed E-state index contributed by atoms with van der Waals surface area (Å²) in [6.45, 7) is 15.0. The Morgan fingerprint density at radius 1 is 1.07 bits per heavy atom. The average Bonchev–Trinajstić information content (AvgIpc) is 2.94. The van der Waals surface area contributed by atoms with E-state index in [0.29, 0.717) is 11.5 Å². The Balaban J connectivity index is 1.94. The molecule has 7 heteroatoms. The molecule has 0 aliphatic rings. The molecule has 1 aromatic carbocycles. The molecule has 0 spiro atoms. The summed E-state index contributed by atoms with van der Waals surface area (Å²) in [7, 11) is 0. The Labute approximate surface area is 173 Å². The first-order chi connectivity index (χ1) is 13.8. The number of anilines is 1. The molecule has 0 saturated heterocycles. The summed E-state index contributed by atoms with van der Waals surface area (Å²) in [6, 6.07) is 7.36. The van der Waals surface area contributed by atoms with Crippen LogP contribution in [0.4, 0.5) is 5.69 Å². The molecule has 0 radical (unpaired) electrons. The zero-order valence-corrected chi connectivity index (χ0v) is 18.4. The minimum absolute atomic E-state index is 0.178. The van der Waals surface area contributed by atoms with E-state index >= 15 is 0 Å². The van der Waals surface area contributed by atoms with Crippen molar-refractivity contribution in [3.63, 3.8) is 0 Å². The number of hydrogen-bond donors (Lipinski definition) is 2. The Morgan fingerprint density at radius 2 is 1.69 bits per heavy atom. The lowest BCUT2D eigenvalue weighted by Crippen LogP contribution is -2.42. The van der Waals surface area contributed by atoms with Gasteiger partial charge in [0.05, 0.1) is 12.1 Å². The van der Waals surface area contributed by atoms with Crippen LogP contribution in [-0.2, 0) is 17.8 Å². The summed E-state index contributed by atoms with van der Waals surface area (Å²) in [4.78, 5) is 26.9. The minimum atomic E-state index is -0.339. The maximum absolute atomic E-state index is 12.3. The van der Waals surface area contributed by atoms with E-state index in [9.17, 15) is 9.59 Å². The fraction of sp³-hybridized carbons (Fsp3) is 0.500. The SMILES string of the molecule is CCN(CC)c1ccc(C(=O)NNC(=O)Cc2c(C)nn(CC(C)C)c2C)cc1. The number of nitrogens with one attached hydrogen (secondary N) is 2. The largest absolute Gasteiger partial charge is 0.372 e. The first-order valence-electron chi connectivity index (χ1n) is 10.2. The first kappa shape index (κ1) is 22.5. The van der Waals surface area contributed by atoms with Gasteiger partial charge in [-0.25, -0.2) is 0 Å². The number of amides is 2. The summed E-state index contributed by atoms with van der Waals surface area (Å²) < 4.78 is 1.94. The van der Waals surface area contributed by atoms with Gasteiger partial charge >= 0.3 is 0 Å². The Kier molecular flexibility index (Phi) is 7.82. The molecule has 0 atom stereocenters. The Bertz CT molecular complexity index is 836. The summed E-state index contributed by atoms with van der Waals surface area (Å²) in [5.41, 5.74) is 9.31. The third-order valence-corrected chi connectivity index (χ3v) is 4.98. The number of aryl methyl sites for hydroxylation is 1. The molecule has 2 rings (SSSR count). The normalized spacial score (nSPS) is 10.9. The van der Waals surface area contributed by atoms with Crippen LogP contribution in [0.5, 0.6) is 0 Å². The van der Waals surface area contributed by atoms with Crippen LogP contribution in [0.3, 0.4) is 0 Å². The lowest BCUT2D eigenvalue weighted by atomic mass is 10.1. The molecule has 0 aliphatic heterocycles. The lowest BCUT2D eigenvalue weighted by Gasteiger charge is -2.21. The van der Waals surface area contributed by atoms with Gasteiger partial charge in [-0.3, -0.25) is 25.1 Å². The monoisotopic (exact) mass is 399 g/mol. The molecule has 158 valence electrons. The summed E-state index contributed by atoms with van der Waals surface area (Å²) in [6.07, 6.45) is 0.178. The zero-order chi connectivity index (χ0) is 21.6. The number of benzene rings is 1. The van der Waals surface area contributed by atoms with E-state index in [4.69, 9.17) is 0 Å². The maximum Gasteiger partial charge on any atom is 0.269 e. The van der Waals surface area contributed by atoms with Gasteiger partial charge in [-0.15, -0.1) is 0 Å². The van der Waals surface area contributed by atoms with Gasteiger partial charge in [0.1, 0.15) is 0 Å². The van der Waals surface area contributed by atoms with Crippen molar-refractivity contribution in [2.45, 2.75) is 54.5 Å². The molecule has 1 heterocycles. The van der Waals surface area contributed by atoms with Gasteiger partial charge in [0.2, 0.25) is 5.91 Å². The summed E-state index contributed by atoms with van der Waals surface area (Å²) in [5.74, 6) is -0.135. The number of rotatable bonds is 8. The smallest absolute Gasteiger partial charge is 0.269 e. The highest BCUT2D eigenvalue weighted by molar-refractivity contribution is 5.95. The number of hydrogen-bond acceptors (Lipinski definition) is 4. The molecule has 2 aromatic rings. The molecule has 0 bridgehead atoms. The van der Waals surface area contributed by atoms with E-state index in [-0.39, 0.29) is 18.2 Å². The highest BCUT2D eigenvalue weighted by Crippen LogP contribution is 2.16. The number of nitrogens with zero attached hydrogens (tertiary/aromatic N) is 3. The van der Waals surface area contributed by atoms with Gasteiger partial charge in [0.25, 0.3) is 5.91 Å². The molecule has 7 nitrogen and oxygen atoms in total. The Morgan fingerprint density at radius 3 is 2.24 bits per heavy atom. The molecule has 29 heavy (non-hydrogen) atoms. The molecule has 0 saturated carbocycles. The first-order valence-corrected chi connectivity index (χ1v) is 10.2. The third-order valence-electron chi connectivity index (χ3n) is 4.98. The van der Waals surface area contributed by atoms with Crippen LogP contribution >= 0.6 is 0 Å². The fourth-order valence-corrected chi connectivity index (χ4v) is 3.33. The predicted molar refractivity (Wildman–Crippen MR) is 116 cm³/mol. The van der Waals surface area contributed by atoms with Gasteiger partial charge in [0, 0.05) is 42.1 Å². The number of carbonyl (C=O) groups is 2. The van der Waals surface area contributed by atoms with Crippen LogP contribution in [0.2, 0.25) is 0 Å². The van der Waals surface area contributed by atoms with Crippen LogP contribution < -0.4 is 15.8 Å². The van der Waals surface area contributed by atoms with Crippen LogP contribution in [0, 0.1) is 19.8 Å². The van der Waals surface area contributed by atoms with E-state index < -0.39 is 0 Å². The van der Waals surface area contributed by atoms with Crippen molar-refractivity contribution in [1.29, 1.82) is 0 Å². The number of hydrazine groups is 1. The fourth-order valence-electron chi connectivity index (χ4n) is 3.33. The lowest BCUT2D eigenvalue weighted by molar-refractivity contribution is -0.121. The van der Waals surface area contributed by atoms with E-state index in [1.807, 2.05) is 30.7 Å². The number of aromatic nitrogens is 2. The highest BCUT2D eigenvalue weighted by atomic mass is 16.2. The van der Waals surface area contributed by atoms with Crippen molar-refractivity contribution in [3.05, 3.63) is 46.8 Å². The average molecular weight is 400 g/mol. The van der Waals surface area contributed by atoms with Crippen LogP contribution in [0.1, 0.15) is 55.0 Å². The molecule has 1 aromatic heterocycles. The highest BCUT2D eigenvalue weighted by Gasteiger charge is 2.16. The molecule has 2 amide bonds. The zero-order valence-electron chi connectivity index (χ0n) is 18.4. The molecule has 2 N–H and O–H groups in total. The standard InChI is InChI=1S/C22H33N5O2/c1-7-26(8-2)19-11-9-18(10-12-19)22(29)24-23-21(28)13-20-16(5)25-27(17(20)6)14-15(3)4/h9-12,15H,7-8,13-14H2,1-6H3,(H,23,28)(H,24,29). The third kappa shape index (κ3) is 5.82. The van der Waals surface area contributed by atoms with Gasteiger partial charge in [-0.1, -0.05) is 13.8 Å². The van der Waals surface area contributed by atoms with Crippen LogP contribution in [0.25, 0.3) is 0 Å². The molecular formula is C22H33N5O2. The summed E-state index contributed by atoms with van der Waals surface area (Å²) >= 11 is 0. The maximum atomic E-state index is 12.3. The van der Waals surface area contributed by atoms with Crippen molar-refractivity contribution in [2.75, 3.05) is 18.0 Å². The minimum Gasteiger partial charge on any atom is -0.372 e. The van der Waals surface area contributed by atoms with Gasteiger partial charge in [0.15, 0.2) is 0 Å². The molecule has 0 unspecified atom stereocenters. The van der Waals surface area contributed by atoms with Crippen molar-refractivity contribution in [1.82, 2.24) is 20.6 Å². The second-order valence-electron chi connectivity index (χ2n) is 7.62. The predicted octanol–water partition coefficient (Wildman–Crippen LogP) is 3.01. The summed E-state index contributed by atoms with van der Waals surface area (Å²) in [5, 5.41) is 4.53. The molecule has 0 aliphatic carbocycles. The van der Waals surface area contributed by atoms with E-state index in [1.165, 1.54) is 0 Å².